The zero-order chi connectivity index (χ0) is 32.5. The monoisotopic (exact) mass is 674 g/mol. The number of aliphatic hydroxyl groups is 2. The first kappa shape index (κ1) is 31.3. The minimum Gasteiger partial charge on any atom is -0.388 e. The van der Waals surface area contributed by atoms with E-state index in [4.69, 9.17) is 38.4 Å². The molecule has 2 saturated heterocycles. The number of rotatable bonds is 5. The maximum atomic E-state index is 14.3. The molecule has 0 radical (unpaired) electrons. The molecule has 4 aromatic rings. The summed E-state index contributed by atoms with van der Waals surface area (Å²) in [6.07, 6.45) is -10.5. The van der Waals surface area contributed by atoms with E-state index in [-0.39, 0.29) is 34.4 Å². The predicted octanol–water partition coefficient (Wildman–Crippen LogP) is 3.94. The van der Waals surface area contributed by atoms with Gasteiger partial charge in [-0.05, 0) is 42.8 Å². The zero-order valence-corrected chi connectivity index (χ0v) is 24.2. The largest absolute Gasteiger partial charge is 0.418 e. The van der Waals surface area contributed by atoms with E-state index in [1.54, 1.807) is 0 Å². The van der Waals surface area contributed by atoms with E-state index in [1.165, 1.54) is 13.1 Å². The van der Waals surface area contributed by atoms with Crippen LogP contribution in [0.4, 0.5) is 22.0 Å². The number of nitrogens with zero attached hydrogens (tertiary/aromatic N) is 5. The first-order valence-electron chi connectivity index (χ1n) is 13.1. The molecule has 4 N–H and O–H groups in total. The van der Waals surface area contributed by atoms with Crippen molar-refractivity contribution in [3.05, 3.63) is 81.1 Å². The molecular weight excluding hydrogens is 654 g/mol. The number of aryl methyl sites for hydroxylation is 1. The molecule has 1 amide bonds. The first-order valence-corrected chi connectivity index (χ1v) is 13.9. The molecule has 11 nitrogen and oxygen atoms in total. The molecule has 4 heterocycles. The number of fused-ring (bicyclic) bond motifs is 1. The molecule has 0 aliphatic carbocycles. The molecule has 6 rings (SSSR count). The Labute approximate surface area is 259 Å². The molecule has 4 unspecified atom stereocenters. The highest BCUT2D eigenvalue weighted by molar-refractivity contribution is 6.31. The fourth-order valence-corrected chi connectivity index (χ4v) is 5.86. The Balaban J connectivity index is 1.49. The molecule has 0 bridgehead atoms. The molecule has 2 aliphatic heterocycles. The zero-order valence-electron chi connectivity index (χ0n) is 22.7. The van der Waals surface area contributed by atoms with Gasteiger partial charge in [-0.2, -0.15) is 23.4 Å². The number of benzene rings is 2. The van der Waals surface area contributed by atoms with Crippen molar-refractivity contribution in [1.29, 1.82) is 0 Å². The van der Waals surface area contributed by atoms with Crippen LogP contribution in [0.15, 0.2) is 36.5 Å². The van der Waals surface area contributed by atoms with Gasteiger partial charge < -0.3 is 25.4 Å². The second-order valence-corrected chi connectivity index (χ2v) is 11.3. The number of amides is 1. The molecule has 0 spiro atoms. The van der Waals surface area contributed by atoms with Crippen LogP contribution >= 0.6 is 23.2 Å². The molecule has 2 aliphatic rings. The molecule has 6 atom stereocenters. The van der Waals surface area contributed by atoms with Crippen molar-refractivity contribution in [2.45, 2.75) is 49.7 Å². The second kappa shape index (κ2) is 11.3. The third-order valence-electron chi connectivity index (χ3n) is 7.51. The summed E-state index contributed by atoms with van der Waals surface area (Å²) >= 11 is 11.6. The molecule has 2 fully saturated rings. The Morgan fingerprint density at radius 2 is 1.78 bits per heavy atom. The van der Waals surface area contributed by atoms with Gasteiger partial charge in [0.1, 0.15) is 59.0 Å². The van der Waals surface area contributed by atoms with Crippen LogP contribution < -0.4 is 5.73 Å². The number of hydrogen-bond acceptors (Lipinski definition) is 8. The number of alkyl halides is 3. The lowest BCUT2D eigenvalue weighted by molar-refractivity contribution is -0.196. The number of carbonyl (C=O) groups excluding carboxylic acids is 1. The van der Waals surface area contributed by atoms with Gasteiger partial charge in [-0.3, -0.25) is 9.48 Å². The summed E-state index contributed by atoms with van der Waals surface area (Å²) in [5.41, 5.74) is 3.18. The Hall–Kier alpha value is -3.67. The van der Waals surface area contributed by atoms with Gasteiger partial charge in [0, 0.05) is 16.8 Å². The average Bonchev–Trinajstić information content (AvgIpc) is 3.67. The molecular formula is C27H21Cl2F5N6O5. The summed E-state index contributed by atoms with van der Waals surface area (Å²) in [6.45, 7) is 1.15. The van der Waals surface area contributed by atoms with E-state index in [1.807, 2.05) is 0 Å². The normalized spacial score (nSPS) is 25.0. The van der Waals surface area contributed by atoms with Crippen molar-refractivity contribution in [2.24, 2.45) is 5.73 Å². The van der Waals surface area contributed by atoms with Crippen LogP contribution in [-0.2, 0) is 15.7 Å². The highest BCUT2D eigenvalue weighted by atomic mass is 35.5. The van der Waals surface area contributed by atoms with Crippen LogP contribution in [0.1, 0.15) is 39.8 Å². The maximum Gasteiger partial charge on any atom is 0.418 e. The minimum atomic E-state index is -4.83. The Morgan fingerprint density at radius 3 is 2.42 bits per heavy atom. The molecule has 45 heavy (non-hydrogen) atoms. The highest BCUT2D eigenvalue weighted by Crippen LogP contribution is 2.44. The Bertz CT molecular complexity index is 1790. The standard InChI is InChI=1S/C27H21Cl2F5N6O5/c1-9-36-26(40(37-9)16-6-11(28)2-3-13(16)27(32,33)34)24-21(42)20(23-22(45-24)17(41)8-44-23)39-7-12(19(38-39)25(35)43)10-4-14(30)18(29)15(31)5-10/h2-7,17,20-24,41-42H,8H2,1H3,(H2,35,43)/t17?,20?,21?,22?,23-,24-/m1/s1. The number of halogens is 7. The maximum absolute atomic E-state index is 14.3. The summed E-state index contributed by atoms with van der Waals surface area (Å²) in [5, 5.41) is 29.9. The van der Waals surface area contributed by atoms with Crippen LogP contribution in [0.3, 0.4) is 0 Å². The van der Waals surface area contributed by atoms with Gasteiger partial charge in [-0.25, -0.2) is 18.4 Å². The smallest absolute Gasteiger partial charge is 0.388 e. The van der Waals surface area contributed by atoms with E-state index >= 15 is 0 Å². The molecule has 18 heteroatoms. The second-order valence-electron chi connectivity index (χ2n) is 10.4. The quantitative estimate of drug-likeness (QED) is 0.213. The molecule has 238 valence electrons. The fourth-order valence-electron chi connectivity index (χ4n) is 5.58. The van der Waals surface area contributed by atoms with Crippen LogP contribution in [0.25, 0.3) is 16.8 Å². The predicted molar refractivity (Wildman–Crippen MR) is 146 cm³/mol. The van der Waals surface area contributed by atoms with Crippen LogP contribution in [0, 0.1) is 18.6 Å². The van der Waals surface area contributed by atoms with E-state index in [0.717, 1.165) is 39.7 Å². The average molecular weight is 675 g/mol. The number of aromatic nitrogens is 5. The summed E-state index contributed by atoms with van der Waals surface area (Å²) in [5.74, 6) is -3.60. The van der Waals surface area contributed by atoms with Crippen molar-refractivity contribution < 1.29 is 46.4 Å². The topological polar surface area (TPSA) is 151 Å². The summed E-state index contributed by atoms with van der Waals surface area (Å²) in [6, 6.07) is 3.26. The van der Waals surface area contributed by atoms with Gasteiger partial charge in [0.15, 0.2) is 11.5 Å². The molecule has 2 aromatic carbocycles. The van der Waals surface area contributed by atoms with Crippen LogP contribution in [-0.4, -0.2) is 71.7 Å². The van der Waals surface area contributed by atoms with Crippen molar-refractivity contribution in [3.8, 4) is 16.8 Å². The summed E-state index contributed by atoms with van der Waals surface area (Å²) < 4.78 is 84.3. The Kier molecular flexibility index (Phi) is 7.86. The van der Waals surface area contributed by atoms with Gasteiger partial charge in [0.2, 0.25) is 0 Å². The molecule has 2 aromatic heterocycles. The number of hydrogen-bond donors (Lipinski definition) is 3. The lowest BCUT2D eigenvalue weighted by Crippen LogP contribution is -2.52. The third kappa shape index (κ3) is 5.44. The van der Waals surface area contributed by atoms with Crippen molar-refractivity contribution in [2.75, 3.05) is 6.61 Å². The minimum absolute atomic E-state index is 0.0139. The van der Waals surface area contributed by atoms with Crippen molar-refractivity contribution in [3.63, 3.8) is 0 Å². The van der Waals surface area contributed by atoms with Crippen LogP contribution in [0.2, 0.25) is 10.0 Å². The summed E-state index contributed by atoms with van der Waals surface area (Å²) in [4.78, 5) is 16.6. The van der Waals surface area contributed by atoms with Gasteiger partial charge in [0.25, 0.3) is 5.91 Å². The number of carbonyl (C=O) groups is 1. The first-order chi connectivity index (χ1) is 21.1. The third-order valence-corrected chi connectivity index (χ3v) is 8.11. The number of ether oxygens (including phenoxy) is 2. The fraction of sp³-hybridized carbons (Fsp3) is 0.333. The van der Waals surface area contributed by atoms with Crippen molar-refractivity contribution >= 4 is 29.1 Å². The summed E-state index contributed by atoms with van der Waals surface area (Å²) in [7, 11) is 0. The van der Waals surface area contributed by atoms with Gasteiger partial charge in [-0.1, -0.05) is 23.2 Å². The Morgan fingerprint density at radius 1 is 1.09 bits per heavy atom. The van der Waals surface area contributed by atoms with Gasteiger partial charge >= 0.3 is 6.18 Å². The lowest BCUT2D eigenvalue weighted by atomic mass is 9.91. The van der Waals surface area contributed by atoms with Gasteiger partial charge in [0.05, 0.1) is 17.9 Å². The van der Waals surface area contributed by atoms with E-state index < -0.39 is 82.2 Å². The van der Waals surface area contributed by atoms with E-state index in [2.05, 4.69) is 15.2 Å². The van der Waals surface area contributed by atoms with E-state index in [0.29, 0.717) is 0 Å². The number of primary amides is 1. The molecule has 0 saturated carbocycles. The number of aliphatic hydroxyl groups excluding tert-OH is 2. The van der Waals surface area contributed by atoms with E-state index in [9.17, 15) is 37.0 Å². The highest BCUT2D eigenvalue weighted by Gasteiger charge is 2.55. The SMILES string of the molecule is Cc1nc([C@@H]2OC3C(O)CO[C@@H]3C(n3cc(-c4cc(F)c(Cl)c(F)c4)c(C(N)=O)n3)C2O)n(-c2cc(Cl)ccc2C(F)(F)F)n1. The lowest BCUT2D eigenvalue weighted by Gasteiger charge is -2.41. The van der Waals surface area contributed by atoms with Crippen LogP contribution in [0.5, 0.6) is 0 Å². The van der Waals surface area contributed by atoms with Crippen molar-refractivity contribution in [1.82, 2.24) is 24.5 Å². The number of nitrogens with two attached hydrogens (primary N) is 1. The van der Waals surface area contributed by atoms with Gasteiger partial charge in [-0.15, -0.1) is 0 Å².